The summed E-state index contributed by atoms with van der Waals surface area (Å²) in [6, 6.07) is 12.4. The summed E-state index contributed by atoms with van der Waals surface area (Å²) < 4.78 is 32.0. The number of hydrogen-bond donors (Lipinski definition) is 0. The van der Waals surface area contributed by atoms with Crippen LogP contribution in [0.2, 0.25) is 0 Å². The fourth-order valence-corrected chi connectivity index (χ4v) is 5.34. The highest BCUT2D eigenvalue weighted by Gasteiger charge is 2.34. The Morgan fingerprint density at radius 3 is 2.23 bits per heavy atom. The van der Waals surface area contributed by atoms with Crippen molar-refractivity contribution in [3.63, 3.8) is 0 Å². The normalized spacial score (nSPS) is 16.6. The molecule has 0 atom stereocenters. The first-order valence-electron chi connectivity index (χ1n) is 10.1. The molecule has 0 N–H and O–H groups in total. The highest BCUT2D eigenvalue weighted by Crippen LogP contribution is 2.23. The molecular weight excluding hydrogens is 420 g/mol. The molecule has 8 nitrogen and oxygen atoms in total. The van der Waals surface area contributed by atoms with Crippen molar-refractivity contribution in [1.29, 1.82) is 0 Å². The van der Waals surface area contributed by atoms with Crippen molar-refractivity contribution >= 4 is 27.8 Å². The Bertz CT molecular complexity index is 1100. The van der Waals surface area contributed by atoms with Crippen molar-refractivity contribution in [2.24, 2.45) is 0 Å². The summed E-state index contributed by atoms with van der Waals surface area (Å²) >= 11 is 0. The highest BCUT2D eigenvalue weighted by atomic mass is 32.2. The first-order valence-corrected chi connectivity index (χ1v) is 11.6. The van der Waals surface area contributed by atoms with Crippen LogP contribution in [0, 0.1) is 0 Å². The van der Waals surface area contributed by atoms with Crippen molar-refractivity contribution < 1.29 is 27.5 Å². The highest BCUT2D eigenvalue weighted by molar-refractivity contribution is 7.89. The lowest BCUT2D eigenvalue weighted by atomic mass is 10.1. The van der Waals surface area contributed by atoms with Crippen LogP contribution in [0.4, 0.5) is 0 Å². The Morgan fingerprint density at radius 2 is 1.58 bits per heavy atom. The monoisotopic (exact) mass is 442 g/mol. The lowest BCUT2D eigenvalue weighted by molar-refractivity contribution is 0.0482. The number of nitrogens with zero attached hydrogens (tertiary/aromatic N) is 2. The number of carbonyl (C=O) groups excluding carboxylic acids is 3. The van der Waals surface area contributed by atoms with E-state index in [-0.39, 0.29) is 41.8 Å². The van der Waals surface area contributed by atoms with Crippen molar-refractivity contribution in [1.82, 2.24) is 9.21 Å². The Kier molecular flexibility index (Phi) is 5.88. The van der Waals surface area contributed by atoms with E-state index in [1.54, 1.807) is 24.3 Å². The molecule has 2 amide bonds. The van der Waals surface area contributed by atoms with E-state index in [2.05, 4.69) is 0 Å². The topological polar surface area (TPSA) is 101 Å². The standard InChI is InChI=1S/C22H22N2O6S/c25-20-18-9-1-2-10-19(18)21(26)24(20)13-6-14-30-22(27)16-7-5-8-17(15-16)31(28,29)23-11-3-4-12-23/h1-2,5,7-10,15H,3-4,6,11-14H2. The van der Waals surface area contributed by atoms with E-state index in [0.717, 1.165) is 17.7 Å². The number of rotatable bonds is 7. The van der Waals surface area contributed by atoms with E-state index in [1.165, 1.54) is 28.6 Å². The van der Waals surface area contributed by atoms with E-state index in [1.807, 2.05) is 0 Å². The molecule has 0 spiro atoms. The van der Waals surface area contributed by atoms with Crippen LogP contribution in [0.5, 0.6) is 0 Å². The van der Waals surface area contributed by atoms with Gasteiger partial charge in [0.15, 0.2) is 0 Å². The average molecular weight is 442 g/mol. The Morgan fingerprint density at radius 1 is 0.935 bits per heavy atom. The van der Waals surface area contributed by atoms with Crippen LogP contribution in [0.1, 0.15) is 50.3 Å². The largest absolute Gasteiger partial charge is 0.462 e. The van der Waals surface area contributed by atoms with Crippen molar-refractivity contribution in [3.05, 3.63) is 65.2 Å². The zero-order valence-corrected chi connectivity index (χ0v) is 17.6. The number of imide groups is 1. The molecule has 31 heavy (non-hydrogen) atoms. The van der Waals surface area contributed by atoms with Gasteiger partial charge in [0.1, 0.15) is 0 Å². The summed E-state index contributed by atoms with van der Waals surface area (Å²) in [5.41, 5.74) is 0.891. The van der Waals surface area contributed by atoms with E-state index in [9.17, 15) is 22.8 Å². The minimum Gasteiger partial charge on any atom is -0.462 e. The molecular formula is C22H22N2O6S. The van der Waals surface area contributed by atoms with Crippen LogP contribution in [0.3, 0.4) is 0 Å². The van der Waals surface area contributed by atoms with Crippen LogP contribution in [-0.2, 0) is 14.8 Å². The second kappa shape index (κ2) is 8.60. The van der Waals surface area contributed by atoms with E-state index >= 15 is 0 Å². The fourth-order valence-electron chi connectivity index (χ4n) is 3.77. The van der Waals surface area contributed by atoms with Gasteiger partial charge in [0, 0.05) is 19.6 Å². The summed E-state index contributed by atoms with van der Waals surface area (Å²) in [6.45, 7) is 1.09. The molecule has 0 saturated carbocycles. The minimum absolute atomic E-state index is 0.00462. The predicted octanol–water partition coefficient (Wildman–Crippen LogP) is 2.31. The van der Waals surface area contributed by atoms with Crippen LogP contribution in [0.15, 0.2) is 53.4 Å². The van der Waals surface area contributed by atoms with Gasteiger partial charge in [-0.25, -0.2) is 13.2 Å². The molecule has 2 aliphatic rings. The summed E-state index contributed by atoms with van der Waals surface area (Å²) in [5.74, 6) is -1.36. The zero-order valence-electron chi connectivity index (χ0n) is 16.8. The zero-order chi connectivity index (χ0) is 22.0. The number of fused-ring (bicyclic) bond motifs is 1. The summed E-state index contributed by atoms with van der Waals surface area (Å²) in [7, 11) is -3.63. The van der Waals surface area contributed by atoms with Crippen LogP contribution < -0.4 is 0 Å². The lowest BCUT2D eigenvalue weighted by Crippen LogP contribution is -2.31. The Labute approximate surface area is 180 Å². The van der Waals surface area contributed by atoms with Gasteiger partial charge in [-0.1, -0.05) is 18.2 Å². The molecule has 2 aromatic rings. The second-order valence-corrected chi connectivity index (χ2v) is 9.37. The van der Waals surface area contributed by atoms with E-state index in [0.29, 0.717) is 24.2 Å². The molecule has 0 radical (unpaired) electrons. The Hall–Kier alpha value is -3.04. The second-order valence-electron chi connectivity index (χ2n) is 7.44. The number of esters is 1. The quantitative estimate of drug-likeness (QED) is 0.371. The number of benzene rings is 2. The van der Waals surface area contributed by atoms with Gasteiger partial charge >= 0.3 is 5.97 Å². The number of sulfonamides is 1. The Balaban J connectivity index is 1.33. The van der Waals surface area contributed by atoms with Crippen LogP contribution in [0.25, 0.3) is 0 Å². The van der Waals surface area contributed by atoms with Crippen LogP contribution >= 0.6 is 0 Å². The average Bonchev–Trinajstić information content (AvgIpc) is 3.41. The van der Waals surface area contributed by atoms with Crippen molar-refractivity contribution in [2.75, 3.05) is 26.2 Å². The van der Waals surface area contributed by atoms with Gasteiger partial charge in [0.2, 0.25) is 10.0 Å². The molecule has 0 unspecified atom stereocenters. The summed E-state index contributed by atoms with van der Waals surface area (Å²) in [6.07, 6.45) is 1.94. The van der Waals surface area contributed by atoms with Gasteiger partial charge < -0.3 is 4.74 Å². The van der Waals surface area contributed by atoms with Crippen molar-refractivity contribution in [3.8, 4) is 0 Å². The van der Waals surface area contributed by atoms with Gasteiger partial charge in [-0.2, -0.15) is 4.31 Å². The molecule has 1 fully saturated rings. The molecule has 1 saturated heterocycles. The smallest absolute Gasteiger partial charge is 0.338 e. The third kappa shape index (κ3) is 4.11. The summed E-state index contributed by atoms with van der Waals surface area (Å²) in [4.78, 5) is 38.2. The number of hydrogen-bond acceptors (Lipinski definition) is 6. The van der Waals surface area contributed by atoms with E-state index < -0.39 is 16.0 Å². The maximum absolute atomic E-state index is 12.7. The molecule has 4 rings (SSSR count). The number of carbonyl (C=O) groups is 3. The van der Waals surface area contributed by atoms with Gasteiger partial charge in [-0.15, -0.1) is 0 Å². The maximum atomic E-state index is 12.7. The van der Waals surface area contributed by atoms with Gasteiger partial charge in [0.05, 0.1) is 28.2 Å². The first-order chi connectivity index (χ1) is 14.9. The fraction of sp³-hybridized carbons (Fsp3) is 0.318. The SMILES string of the molecule is O=C(OCCCN1C(=O)c2ccccc2C1=O)c1cccc(S(=O)(=O)N2CCCC2)c1. The molecule has 0 bridgehead atoms. The lowest BCUT2D eigenvalue weighted by Gasteiger charge is -2.16. The predicted molar refractivity (Wildman–Crippen MR) is 111 cm³/mol. The number of amides is 2. The number of ether oxygens (including phenoxy) is 1. The van der Waals surface area contributed by atoms with Gasteiger partial charge in [-0.05, 0) is 49.6 Å². The van der Waals surface area contributed by atoms with Gasteiger partial charge in [-0.3, -0.25) is 14.5 Å². The minimum atomic E-state index is -3.63. The molecule has 2 aliphatic heterocycles. The third-order valence-corrected chi connectivity index (χ3v) is 7.30. The molecule has 2 aromatic carbocycles. The summed E-state index contributed by atoms with van der Waals surface area (Å²) in [5, 5.41) is 0. The van der Waals surface area contributed by atoms with Crippen LogP contribution in [-0.4, -0.2) is 61.6 Å². The molecule has 2 heterocycles. The molecule has 0 aliphatic carbocycles. The molecule has 162 valence electrons. The maximum Gasteiger partial charge on any atom is 0.338 e. The molecule has 0 aromatic heterocycles. The van der Waals surface area contributed by atoms with E-state index in [4.69, 9.17) is 4.74 Å². The van der Waals surface area contributed by atoms with Gasteiger partial charge in [0.25, 0.3) is 11.8 Å². The molecule has 9 heteroatoms. The first kappa shape index (κ1) is 21.2. The third-order valence-electron chi connectivity index (χ3n) is 5.41. The van der Waals surface area contributed by atoms with Crippen molar-refractivity contribution in [2.45, 2.75) is 24.2 Å².